The van der Waals surface area contributed by atoms with E-state index in [0.29, 0.717) is 0 Å². The summed E-state index contributed by atoms with van der Waals surface area (Å²) in [5.74, 6) is 0. The smallest absolute Gasteiger partial charge is 0.254 e. The first-order valence-corrected chi connectivity index (χ1v) is 5.17. The van der Waals surface area contributed by atoms with Crippen LogP contribution in [0.4, 0.5) is 0 Å². The Balaban J connectivity index is 0.000000561. The fourth-order valence-electron chi connectivity index (χ4n) is 1.17. The topological polar surface area (TPSA) is 6.25 Å². The minimum absolute atomic E-state index is 0.873. The van der Waals surface area contributed by atoms with Gasteiger partial charge in [-0.25, -0.2) is 0 Å². The monoisotopic (exact) mass is 211 g/mol. The van der Waals surface area contributed by atoms with Gasteiger partial charge in [-0.05, 0) is 12.8 Å². The summed E-state index contributed by atoms with van der Waals surface area (Å²) in [4.78, 5) is 2.09. The summed E-state index contributed by atoms with van der Waals surface area (Å²) in [6.07, 6.45) is 3.97. The number of nitrogens with zero attached hydrogens (tertiary/aromatic N) is 2. The molecule has 0 radical (unpaired) electrons. The van der Waals surface area contributed by atoms with Crippen LogP contribution in [0.1, 0.15) is 12.8 Å². The lowest BCUT2D eigenvalue weighted by molar-refractivity contribution is -0.498. The molecule has 0 aromatic rings. The average Bonchev–Trinajstić information content (AvgIpc) is 2.24. The number of rotatable bonds is 0. The molecule has 0 aromatic carbocycles. The van der Waals surface area contributed by atoms with Gasteiger partial charge in [-0.1, -0.05) is 0 Å². The second-order valence-corrected chi connectivity index (χ2v) is 3.16. The third kappa shape index (κ3) is 3.63. The maximum atomic E-state index is 5.99. The standard InChI is InChI=1S/C7H14ClN2.CH3Cl/c1-9-5-3-4-6-10(2)7(9)8;1-2/h3-6H2,1-2H3;1H3/q+1;. The predicted molar refractivity (Wildman–Crippen MR) is 55.6 cm³/mol. The van der Waals surface area contributed by atoms with Crippen molar-refractivity contribution in [2.75, 3.05) is 33.6 Å². The highest BCUT2D eigenvalue weighted by atomic mass is 35.5. The van der Waals surface area contributed by atoms with Gasteiger partial charge in [0.25, 0.3) is 0 Å². The first kappa shape index (κ1) is 12.0. The second kappa shape index (κ2) is 6.55. The Kier molecular flexibility index (Phi) is 6.58. The second-order valence-electron chi connectivity index (χ2n) is 2.82. The van der Waals surface area contributed by atoms with E-state index < -0.39 is 0 Å². The molecule has 0 fully saturated rings. The molecule has 0 spiro atoms. The van der Waals surface area contributed by atoms with Crippen molar-refractivity contribution in [3.63, 3.8) is 0 Å². The Hall–Kier alpha value is 0.0500. The van der Waals surface area contributed by atoms with E-state index in [4.69, 9.17) is 11.6 Å². The molecule has 0 amide bonds. The lowest BCUT2D eigenvalue weighted by Gasteiger charge is -2.06. The molecule has 0 aliphatic carbocycles. The quantitative estimate of drug-likeness (QED) is 0.337. The van der Waals surface area contributed by atoms with Gasteiger partial charge in [-0.2, -0.15) is 0 Å². The Morgan fingerprint density at radius 3 is 2.50 bits per heavy atom. The predicted octanol–water partition coefficient (Wildman–Crippen LogP) is 1.80. The van der Waals surface area contributed by atoms with Gasteiger partial charge in [-0.15, -0.1) is 11.6 Å². The van der Waals surface area contributed by atoms with Crippen molar-refractivity contribution in [2.24, 2.45) is 0 Å². The molecule has 1 aliphatic heterocycles. The maximum absolute atomic E-state index is 5.99. The summed E-state index contributed by atoms with van der Waals surface area (Å²) in [5.41, 5.74) is 0. The number of halogens is 2. The third-order valence-electron chi connectivity index (χ3n) is 1.87. The van der Waals surface area contributed by atoms with Gasteiger partial charge >= 0.3 is 5.29 Å². The molecule has 1 aliphatic rings. The van der Waals surface area contributed by atoms with E-state index in [1.165, 1.54) is 19.2 Å². The summed E-state index contributed by atoms with van der Waals surface area (Å²) in [7, 11) is 4.06. The van der Waals surface area contributed by atoms with Crippen molar-refractivity contribution in [1.82, 2.24) is 4.90 Å². The van der Waals surface area contributed by atoms with Crippen LogP contribution in [-0.2, 0) is 0 Å². The largest absolute Gasteiger partial charge is 0.344 e. The summed E-state index contributed by atoms with van der Waals surface area (Å²) in [6, 6.07) is 0. The highest BCUT2D eigenvalue weighted by molar-refractivity contribution is 6.63. The van der Waals surface area contributed by atoms with Gasteiger partial charge < -0.3 is 0 Å². The van der Waals surface area contributed by atoms with Crippen LogP contribution in [0.5, 0.6) is 0 Å². The number of amidine groups is 1. The summed E-state index contributed by atoms with van der Waals surface area (Å²) in [6.45, 7) is 2.17. The van der Waals surface area contributed by atoms with E-state index in [9.17, 15) is 0 Å². The van der Waals surface area contributed by atoms with Crippen molar-refractivity contribution in [1.29, 1.82) is 0 Å². The minimum atomic E-state index is 0.873. The van der Waals surface area contributed by atoms with E-state index in [1.807, 2.05) is 14.1 Å². The zero-order valence-electron chi connectivity index (χ0n) is 7.98. The summed E-state index contributed by atoms with van der Waals surface area (Å²) < 4.78 is 2.09. The maximum Gasteiger partial charge on any atom is 0.344 e. The van der Waals surface area contributed by atoms with Gasteiger partial charge in [0.15, 0.2) is 0 Å². The van der Waals surface area contributed by atoms with Crippen LogP contribution in [0, 0.1) is 0 Å². The van der Waals surface area contributed by atoms with Crippen molar-refractivity contribution in [3.05, 3.63) is 0 Å². The Morgan fingerprint density at radius 1 is 1.33 bits per heavy atom. The SMILES string of the molecule is CCl.CN1CCCC[N+](C)=C1Cl. The molecule has 0 bridgehead atoms. The van der Waals surface area contributed by atoms with Crippen LogP contribution in [-0.4, -0.2) is 48.3 Å². The van der Waals surface area contributed by atoms with E-state index in [0.717, 1.165) is 18.4 Å². The summed E-state index contributed by atoms with van der Waals surface area (Å²) in [5, 5.41) is 0.873. The van der Waals surface area contributed by atoms with Crippen molar-refractivity contribution >= 4 is 28.5 Å². The molecule has 0 saturated carbocycles. The van der Waals surface area contributed by atoms with Gasteiger partial charge in [0.2, 0.25) is 0 Å². The van der Waals surface area contributed by atoms with Crippen molar-refractivity contribution in [2.45, 2.75) is 12.8 Å². The Morgan fingerprint density at radius 2 is 1.92 bits per heavy atom. The van der Waals surface area contributed by atoms with Crippen LogP contribution in [0.25, 0.3) is 0 Å². The van der Waals surface area contributed by atoms with Crippen LogP contribution < -0.4 is 0 Å². The fraction of sp³-hybridized carbons (Fsp3) is 0.875. The van der Waals surface area contributed by atoms with Gasteiger partial charge in [0, 0.05) is 18.0 Å². The molecule has 4 heteroatoms. The van der Waals surface area contributed by atoms with E-state index in [1.54, 1.807) is 0 Å². The minimum Gasteiger partial charge on any atom is -0.254 e. The molecule has 2 nitrogen and oxygen atoms in total. The molecular formula is C8H17Cl2N2+. The number of hydrogen-bond acceptors (Lipinski definition) is 1. The van der Waals surface area contributed by atoms with Crippen LogP contribution in [0.2, 0.25) is 0 Å². The zero-order chi connectivity index (χ0) is 9.56. The molecular weight excluding hydrogens is 195 g/mol. The third-order valence-corrected chi connectivity index (χ3v) is 2.44. The molecule has 0 atom stereocenters. The van der Waals surface area contributed by atoms with E-state index >= 15 is 0 Å². The zero-order valence-corrected chi connectivity index (χ0v) is 9.49. The van der Waals surface area contributed by atoms with Crippen molar-refractivity contribution in [3.8, 4) is 0 Å². The Labute approximate surface area is 84.8 Å². The highest BCUT2D eigenvalue weighted by Gasteiger charge is 2.16. The lowest BCUT2D eigenvalue weighted by atomic mass is 10.3. The number of hydrogen-bond donors (Lipinski definition) is 0. The van der Waals surface area contributed by atoms with Crippen LogP contribution in [0.15, 0.2) is 0 Å². The molecule has 72 valence electrons. The van der Waals surface area contributed by atoms with E-state index in [-0.39, 0.29) is 0 Å². The van der Waals surface area contributed by atoms with Gasteiger partial charge in [-0.3, -0.25) is 9.48 Å². The normalized spacial score (nSPS) is 18.2. The first-order chi connectivity index (χ1) is 5.72. The van der Waals surface area contributed by atoms with E-state index in [2.05, 4.69) is 21.1 Å². The molecule has 1 rings (SSSR count). The molecule has 1 heterocycles. The van der Waals surface area contributed by atoms with Gasteiger partial charge in [0.1, 0.15) is 0 Å². The average molecular weight is 212 g/mol. The first-order valence-electron chi connectivity index (χ1n) is 4.04. The lowest BCUT2D eigenvalue weighted by Crippen LogP contribution is -2.28. The summed E-state index contributed by atoms with van der Waals surface area (Å²) >= 11 is 10.6. The number of alkyl halides is 1. The molecule has 0 aromatic heterocycles. The molecule has 0 N–H and O–H groups in total. The van der Waals surface area contributed by atoms with Gasteiger partial charge in [0.05, 0.1) is 27.2 Å². The molecule has 12 heavy (non-hydrogen) atoms. The fourth-order valence-corrected chi connectivity index (χ4v) is 1.34. The molecule has 0 unspecified atom stereocenters. The molecule has 0 saturated heterocycles. The van der Waals surface area contributed by atoms with Crippen LogP contribution >= 0.6 is 23.2 Å². The highest BCUT2D eigenvalue weighted by Crippen LogP contribution is 2.02. The van der Waals surface area contributed by atoms with Crippen LogP contribution in [0.3, 0.4) is 0 Å². The Bertz CT molecular complexity index is 157. The van der Waals surface area contributed by atoms with Crippen molar-refractivity contribution < 1.29 is 4.58 Å².